The number of rotatable bonds is 7. The summed E-state index contributed by atoms with van der Waals surface area (Å²) < 4.78 is 13.8. The first-order chi connectivity index (χ1) is 10.2. The standard InChI is InChI=1S/C18H22FNO/c1-14-9-10-17(19)16(12-14)13-20-18(8-5-11-21)15-6-3-2-4-7-15/h2-4,6-7,9-10,12,18,20-21H,5,8,11,13H2,1H3. The predicted molar refractivity (Wildman–Crippen MR) is 83.5 cm³/mol. The Labute approximate surface area is 125 Å². The zero-order valence-corrected chi connectivity index (χ0v) is 12.3. The third-order valence-electron chi connectivity index (χ3n) is 3.59. The summed E-state index contributed by atoms with van der Waals surface area (Å²) in [7, 11) is 0. The third kappa shape index (κ3) is 4.66. The molecule has 2 aromatic rings. The summed E-state index contributed by atoms with van der Waals surface area (Å²) in [5.74, 6) is -0.179. The molecular weight excluding hydrogens is 265 g/mol. The molecule has 1 atom stereocenters. The van der Waals surface area contributed by atoms with Gasteiger partial charge >= 0.3 is 0 Å². The van der Waals surface area contributed by atoms with Crippen LogP contribution in [0.3, 0.4) is 0 Å². The summed E-state index contributed by atoms with van der Waals surface area (Å²) >= 11 is 0. The Hall–Kier alpha value is -1.71. The van der Waals surface area contributed by atoms with Gasteiger partial charge in [0.1, 0.15) is 5.82 Å². The molecule has 2 aromatic carbocycles. The molecule has 0 saturated carbocycles. The highest BCUT2D eigenvalue weighted by Crippen LogP contribution is 2.19. The van der Waals surface area contributed by atoms with Gasteiger partial charge in [0.05, 0.1) is 0 Å². The monoisotopic (exact) mass is 287 g/mol. The molecule has 0 aromatic heterocycles. The van der Waals surface area contributed by atoms with Crippen LogP contribution in [0.4, 0.5) is 4.39 Å². The van der Waals surface area contributed by atoms with E-state index in [1.165, 1.54) is 11.6 Å². The molecule has 0 radical (unpaired) electrons. The number of hydrogen-bond donors (Lipinski definition) is 2. The van der Waals surface area contributed by atoms with Gasteiger partial charge in [0.25, 0.3) is 0 Å². The van der Waals surface area contributed by atoms with Gasteiger partial charge in [-0.3, -0.25) is 0 Å². The van der Waals surface area contributed by atoms with E-state index in [0.29, 0.717) is 12.1 Å². The van der Waals surface area contributed by atoms with E-state index in [1.54, 1.807) is 6.07 Å². The Balaban J connectivity index is 2.07. The fourth-order valence-corrected chi connectivity index (χ4v) is 2.44. The van der Waals surface area contributed by atoms with Crippen molar-refractivity contribution in [3.8, 4) is 0 Å². The van der Waals surface area contributed by atoms with Crippen molar-refractivity contribution < 1.29 is 9.50 Å². The average molecular weight is 287 g/mol. The molecule has 2 nitrogen and oxygen atoms in total. The fraction of sp³-hybridized carbons (Fsp3) is 0.333. The van der Waals surface area contributed by atoms with Gasteiger partial charge in [-0.15, -0.1) is 0 Å². The zero-order valence-electron chi connectivity index (χ0n) is 12.3. The predicted octanol–water partition coefficient (Wildman–Crippen LogP) is 3.74. The summed E-state index contributed by atoms with van der Waals surface area (Å²) in [5, 5.41) is 12.4. The highest BCUT2D eigenvalue weighted by atomic mass is 19.1. The molecule has 0 fully saturated rings. The summed E-state index contributed by atoms with van der Waals surface area (Å²) in [5.41, 5.74) is 2.90. The lowest BCUT2D eigenvalue weighted by molar-refractivity contribution is 0.274. The Morgan fingerprint density at radius 3 is 2.62 bits per heavy atom. The van der Waals surface area contributed by atoms with Crippen LogP contribution in [0, 0.1) is 12.7 Å². The molecule has 0 aliphatic carbocycles. The lowest BCUT2D eigenvalue weighted by Gasteiger charge is -2.19. The summed E-state index contributed by atoms with van der Waals surface area (Å²) in [6.45, 7) is 2.62. The van der Waals surface area contributed by atoms with Crippen molar-refractivity contribution in [3.05, 3.63) is 71.0 Å². The number of benzene rings is 2. The first-order valence-electron chi connectivity index (χ1n) is 7.35. The second-order valence-electron chi connectivity index (χ2n) is 5.30. The quantitative estimate of drug-likeness (QED) is 0.813. The van der Waals surface area contributed by atoms with Crippen molar-refractivity contribution in [3.63, 3.8) is 0 Å². The minimum atomic E-state index is -0.179. The molecule has 0 bridgehead atoms. The van der Waals surface area contributed by atoms with E-state index in [9.17, 15) is 4.39 Å². The molecule has 0 aliphatic rings. The molecule has 112 valence electrons. The summed E-state index contributed by atoms with van der Waals surface area (Å²) in [6.07, 6.45) is 1.55. The maximum atomic E-state index is 13.8. The van der Waals surface area contributed by atoms with Crippen LogP contribution >= 0.6 is 0 Å². The Kier molecular flexibility index (Phi) is 5.90. The van der Waals surface area contributed by atoms with Gasteiger partial charge in [-0.1, -0.05) is 48.0 Å². The van der Waals surface area contributed by atoms with E-state index in [0.717, 1.165) is 18.4 Å². The Morgan fingerprint density at radius 2 is 1.90 bits per heavy atom. The maximum Gasteiger partial charge on any atom is 0.127 e. The average Bonchev–Trinajstić information content (AvgIpc) is 2.51. The number of nitrogens with one attached hydrogen (secondary N) is 1. The van der Waals surface area contributed by atoms with E-state index in [-0.39, 0.29) is 18.5 Å². The second kappa shape index (κ2) is 7.91. The molecule has 0 amide bonds. The number of aliphatic hydroxyl groups is 1. The lowest BCUT2D eigenvalue weighted by atomic mass is 10.0. The minimum absolute atomic E-state index is 0.123. The van der Waals surface area contributed by atoms with E-state index in [2.05, 4.69) is 17.4 Å². The van der Waals surface area contributed by atoms with E-state index in [1.807, 2.05) is 31.2 Å². The normalized spacial score (nSPS) is 12.3. The largest absolute Gasteiger partial charge is 0.396 e. The number of aliphatic hydroxyl groups excluding tert-OH is 1. The maximum absolute atomic E-state index is 13.8. The van der Waals surface area contributed by atoms with Crippen molar-refractivity contribution >= 4 is 0 Å². The third-order valence-corrected chi connectivity index (χ3v) is 3.59. The van der Waals surface area contributed by atoms with Gasteiger partial charge in [0.15, 0.2) is 0 Å². The van der Waals surface area contributed by atoms with Gasteiger partial charge in [-0.2, -0.15) is 0 Å². The van der Waals surface area contributed by atoms with Crippen molar-refractivity contribution in [1.82, 2.24) is 5.32 Å². The summed E-state index contributed by atoms with van der Waals surface area (Å²) in [6, 6.07) is 15.4. The molecule has 2 rings (SSSR count). The molecular formula is C18H22FNO. The van der Waals surface area contributed by atoms with Gasteiger partial charge in [-0.25, -0.2) is 4.39 Å². The fourth-order valence-electron chi connectivity index (χ4n) is 2.44. The Morgan fingerprint density at radius 1 is 1.14 bits per heavy atom. The van der Waals surface area contributed by atoms with Crippen molar-refractivity contribution in [1.29, 1.82) is 0 Å². The topological polar surface area (TPSA) is 32.3 Å². The van der Waals surface area contributed by atoms with Gasteiger partial charge in [0.2, 0.25) is 0 Å². The lowest BCUT2D eigenvalue weighted by Crippen LogP contribution is -2.22. The minimum Gasteiger partial charge on any atom is -0.396 e. The number of hydrogen-bond acceptors (Lipinski definition) is 2. The van der Waals surface area contributed by atoms with Crippen LogP contribution in [0.5, 0.6) is 0 Å². The van der Waals surface area contributed by atoms with Crippen LogP contribution in [-0.2, 0) is 6.54 Å². The smallest absolute Gasteiger partial charge is 0.127 e. The van der Waals surface area contributed by atoms with Gasteiger partial charge in [-0.05, 0) is 31.4 Å². The SMILES string of the molecule is Cc1ccc(F)c(CNC(CCCO)c2ccccc2)c1. The van der Waals surface area contributed by atoms with Crippen LogP contribution in [0.25, 0.3) is 0 Å². The molecule has 1 unspecified atom stereocenters. The molecule has 0 spiro atoms. The van der Waals surface area contributed by atoms with Crippen LogP contribution in [0.1, 0.15) is 35.6 Å². The number of aryl methyl sites for hydroxylation is 1. The molecule has 2 N–H and O–H groups in total. The van der Waals surface area contributed by atoms with Crippen LogP contribution < -0.4 is 5.32 Å². The molecule has 3 heteroatoms. The van der Waals surface area contributed by atoms with E-state index < -0.39 is 0 Å². The van der Waals surface area contributed by atoms with Crippen molar-refractivity contribution in [2.75, 3.05) is 6.61 Å². The first kappa shape index (κ1) is 15.7. The molecule has 0 heterocycles. The van der Waals surface area contributed by atoms with Crippen molar-refractivity contribution in [2.24, 2.45) is 0 Å². The summed E-state index contributed by atoms with van der Waals surface area (Å²) in [4.78, 5) is 0. The van der Waals surface area contributed by atoms with Crippen LogP contribution in [0.15, 0.2) is 48.5 Å². The van der Waals surface area contributed by atoms with Gasteiger partial charge < -0.3 is 10.4 Å². The second-order valence-corrected chi connectivity index (χ2v) is 5.30. The van der Waals surface area contributed by atoms with Gasteiger partial charge in [0, 0.05) is 24.8 Å². The Bertz CT molecular complexity index is 556. The first-order valence-corrected chi connectivity index (χ1v) is 7.35. The highest BCUT2D eigenvalue weighted by molar-refractivity contribution is 5.25. The molecule has 0 aliphatic heterocycles. The van der Waals surface area contributed by atoms with Crippen LogP contribution in [0.2, 0.25) is 0 Å². The number of halogens is 1. The zero-order chi connectivity index (χ0) is 15.1. The van der Waals surface area contributed by atoms with E-state index in [4.69, 9.17) is 5.11 Å². The van der Waals surface area contributed by atoms with Crippen LogP contribution in [-0.4, -0.2) is 11.7 Å². The molecule has 0 saturated heterocycles. The van der Waals surface area contributed by atoms with E-state index >= 15 is 0 Å². The highest BCUT2D eigenvalue weighted by Gasteiger charge is 2.11. The van der Waals surface area contributed by atoms with Crippen molar-refractivity contribution in [2.45, 2.75) is 32.4 Å². The molecule has 21 heavy (non-hydrogen) atoms.